The number of halogens is 1. The molecular weight excluding hydrogens is 313 g/mol. The van der Waals surface area contributed by atoms with Crippen LogP contribution < -0.4 is 4.74 Å². The molecule has 1 heterocycles. The molecule has 1 aromatic rings. The molecule has 1 N–H and O–H groups in total. The summed E-state index contributed by atoms with van der Waals surface area (Å²) < 4.78 is 18.5. The molecule has 1 saturated heterocycles. The molecule has 1 aromatic carbocycles. The molecule has 6 heteroatoms. The van der Waals surface area contributed by atoms with E-state index >= 15 is 0 Å². The van der Waals surface area contributed by atoms with Crippen molar-refractivity contribution in [3.63, 3.8) is 0 Å². The number of ether oxygens (including phenoxy) is 1. The normalized spacial score (nSPS) is 23.3. The second kappa shape index (κ2) is 7.20. The van der Waals surface area contributed by atoms with Crippen molar-refractivity contribution in [1.82, 2.24) is 4.90 Å². The number of benzene rings is 1. The van der Waals surface area contributed by atoms with E-state index in [2.05, 4.69) is 0 Å². The van der Waals surface area contributed by atoms with Gasteiger partial charge in [-0.05, 0) is 43.2 Å². The van der Waals surface area contributed by atoms with Crippen LogP contribution in [0.15, 0.2) is 24.3 Å². The van der Waals surface area contributed by atoms with Gasteiger partial charge < -0.3 is 14.7 Å². The lowest BCUT2D eigenvalue weighted by Crippen LogP contribution is -2.30. The number of carboxylic acid groups (broad SMARTS) is 1. The van der Waals surface area contributed by atoms with Crippen molar-refractivity contribution < 1.29 is 23.8 Å². The van der Waals surface area contributed by atoms with E-state index in [0.717, 1.165) is 12.8 Å². The van der Waals surface area contributed by atoms with Crippen LogP contribution >= 0.6 is 0 Å². The molecule has 2 aliphatic rings. The van der Waals surface area contributed by atoms with E-state index in [1.54, 1.807) is 17.0 Å². The van der Waals surface area contributed by atoms with Crippen molar-refractivity contribution in [2.75, 3.05) is 19.7 Å². The van der Waals surface area contributed by atoms with Gasteiger partial charge in [-0.3, -0.25) is 9.59 Å². The summed E-state index contributed by atoms with van der Waals surface area (Å²) in [6, 6.07) is 5.89. The van der Waals surface area contributed by atoms with Crippen LogP contribution in [0.2, 0.25) is 0 Å². The van der Waals surface area contributed by atoms with Crippen molar-refractivity contribution >= 4 is 11.9 Å². The molecule has 2 fully saturated rings. The van der Waals surface area contributed by atoms with Gasteiger partial charge in [0.2, 0.25) is 5.91 Å². The van der Waals surface area contributed by atoms with Gasteiger partial charge in [-0.15, -0.1) is 0 Å². The summed E-state index contributed by atoms with van der Waals surface area (Å²) in [5, 5.41) is 9.33. The van der Waals surface area contributed by atoms with Crippen molar-refractivity contribution in [1.29, 1.82) is 0 Å². The number of carbonyl (C=O) groups excluding carboxylic acids is 1. The lowest BCUT2D eigenvalue weighted by molar-refractivity contribution is -0.142. The fourth-order valence-corrected chi connectivity index (χ4v) is 3.42. The molecule has 0 spiro atoms. The van der Waals surface area contributed by atoms with Gasteiger partial charge in [-0.1, -0.05) is 6.07 Å². The van der Waals surface area contributed by atoms with Crippen LogP contribution in [0.1, 0.15) is 25.7 Å². The van der Waals surface area contributed by atoms with E-state index in [-0.39, 0.29) is 17.6 Å². The van der Waals surface area contributed by atoms with Crippen molar-refractivity contribution in [2.45, 2.75) is 25.7 Å². The standard InChI is InChI=1S/C18H22FNO4/c19-13-3-1-4-14(9-13)24-8-2-5-17(21)20-10-15(12-6-7-12)16(11-20)18(22)23/h1,3-4,9,12,15-16H,2,5-8,10-11H2,(H,22,23)/t15-,16+/m1/s1. The lowest BCUT2D eigenvalue weighted by Gasteiger charge is -2.16. The van der Waals surface area contributed by atoms with Crippen LogP contribution in [0.4, 0.5) is 4.39 Å². The fourth-order valence-electron chi connectivity index (χ4n) is 3.42. The molecule has 1 aliphatic carbocycles. The molecular formula is C18H22FNO4. The minimum Gasteiger partial charge on any atom is -0.493 e. The summed E-state index contributed by atoms with van der Waals surface area (Å²) in [6.07, 6.45) is 3.01. The van der Waals surface area contributed by atoms with Gasteiger partial charge in [0.1, 0.15) is 11.6 Å². The maximum atomic E-state index is 13.0. The Balaban J connectivity index is 1.43. The number of carbonyl (C=O) groups is 2. The number of hydrogen-bond acceptors (Lipinski definition) is 3. The maximum Gasteiger partial charge on any atom is 0.308 e. The molecule has 1 saturated carbocycles. The number of amides is 1. The third kappa shape index (κ3) is 4.04. The average molecular weight is 335 g/mol. The smallest absolute Gasteiger partial charge is 0.308 e. The molecule has 5 nitrogen and oxygen atoms in total. The van der Waals surface area contributed by atoms with E-state index < -0.39 is 11.9 Å². The minimum absolute atomic E-state index is 0.0211. The van der Waals surface area contributed by atoms with Gasteiger partial charge in [0.05, 0.1) is 12.5 Å². The second-order valence-electron chi connectivity index (χ2n) is 6.65. The Labute approximate surface area is 140 Å². The number of aliphatic carboxylic acids is 1. The van der Waals surface area contributed by atoms with Crippen LogP contribution in [0.25, 0.3) is 0 Å². The highest BCUT2D eigenvalue weighted by molar-refractivity contribution is 5.79. The molecule has 2 atom stereocenters. The van der Waals surface area contributed by atoms with Gasteiger partial charge in [-0.2, -0.15) is 0 Å². The van der Waals surface area contributed by atoms with Crippen molar-refractivity contribution in [3.05, 3.63) is 30.1 Å². The van der Waals surface area contributed by atoms with E-state index in [4.69, 9.17) is 4.74 Å². The van der Waals surface area contributed by atoms with E-state index in [1.807, 2.05) is 0 Å². The summed E-state index contributed by atoms with van der Waals surface area (Å²) in [5.74, 6) is -0.570. The summed E-state index contributed by atoms with van der Waals surface area (Å²) in [4.78, 5) is 25.3. The monoisotopic (exact) mass is 335 g/mol. The Morgan fingerprint density at radius 3 is 2.75 bits per heavy atom. The number of carboxylic acids is 1. The predicted octanol–water partition coefficient (Wildman–Crippen LogP) is 2.55. The SMILES string of the molecule is O=C(O)[C@H]1CN(C(=O)CCCOc2cccc(F)c2)C[C@@H]1C1CC1. The molecule has 0 unspecified atom stereocenters. The summed E-state index contributed by atoms with van der Waals surface area (Å²) >= 11 is 0. The minimum atomic E-state index is -0.795. The molecule has 0 bridgehead atoms. The Hall–Kier alpha value is -2.11. The lowest BCUT2D eigenvalue weighted by atomic mass is 9.92. The number of hydrogen-bond donors (Lipinski definition) is 1. The van der Waals surface area contributed by atoms with Gasteiger partial charge >= 0.3 is 5.97 Å². The zero-order chi connectivity index (χ0) is 17.1. The molecule has 24 heavy (non-hydrogen) atoms. The first-order valence-electron chi connectivity index (χ1n) is 8.43. The molecule has 1 amide bonds. The molecule has 0 aromatic heterocycles. The van der Waals surface area contributed by atoms with Crippen molar-refractivity contribution in [2.24, 2.45) is 17.8 Å². The summed E-state index contributed by atoms with van der Waals surface area (Å²) in [6.45, 7) is 1.21. The Kier molecular flexibility index (Phi) is 5.02. The maximum absolute atomic E-state index is 13.0. The molecule has 3 rings (SSSR count). The van der Waals surface area contributed by atoms with Crippen LogP contribution in [-0.2, 0) is 9.59 Å². The Morgan fingerprint density at radius 1 is 1.29 bits per heavy atom. The first-order chi connectivity index (χ1) is 11.5. The van der Waals surface area contributed by atoms with Crippen LogP contribution in [0.5, 0.6) is 5.75 Å². The Bertz CT molecular complexity index is 617. The topological polar surface area (TPSA) is 66.8 Å². The summed E-state index contributed by atoms with van der Waals surface area (Å²) in [5.41, 5.74) is 0. The van der Waals surface area contributed by atoms with Crippen molar-refractivity contribution in [3.8, 4) is 5.75 Å². The highest BCUT2D eigenvalue weighted by Crippen LogP contribution is 2.44. The van der Waals surface area contributed by atoms with E-state index in [1.165, 1.54) is 12.1 Å². The van der Waals surface area contributed by atoms with Crippen LogP contribution in [0.3, 0.4) is 0 Å². The molecule has 0 radical (unpaired) electrons. The van der Waals surface area contributed by atoms with E-state index in [9.17, 15) is 19.1 Å². The zero-order valence-electron chi connectivity index (χ0n) is 13.5. The fraction of sp³-hybridized carbons (Fsp3) is 0.556. The number of nitrogens with zero attached hydrogens (tertiary/aromatic N) is 1. The largest absolute Gasteiger partial charge is 0.493 e. The highest BCUT2D eigenvalue weighted by Gasteiger charge is 2.46. The first kappa shape index (κ1) is 16.7. The third-order valence-corrected chi connectivity index (χ3v) is 4.86. The number of likely N-dealkylation sites (tertiary alicyclic amines) is 1. The Morgan fingerprint density at radius 2 is 2.08 bits per heavy atom. The predicted molar refractivity (Wildman–Crippen MR) is 85.0 cm³/mol. The van der Waals surface area contributed by atoms with Crippen LogP contribution in [0, 0.1) is 23.6 Å². The molecule has 1 aliphatic heterocycles. The third-order valence-electron chi connectivity index (χ3n) is 4.86. The highest BCUT2D eigenvalue weighted by atomic mass is 19.1. The second-order valence-corrected chi connectivity index (χ2v) is 6.65. The summed E-state index contributed by atoms with van der Waals surface area (Å²) in [7, 11) is 0. The quantitative estimate of drug-likeness (QED) is 0.778. The zero-order valence-corrected chi connectivity index (χ0v) is 13.5. The van der Waals surface area contributed by atoms with Gasteiger partial charge in [0.15, 0.2) is 0 Å². The average Bonchev–Trinajstić information content (AvgIpc) is 3.29. The van der Waals surface area contributed by atoms with E-state index in [0.29, 0.717) is 44.2 Å². The van der Waals surface area contributed by atoms with Gasteiger partial charge in [0.25, 0.3) is 0 Å². The molecule has 130 valence electrons. The van der Waals surface area contributed by atoms with Gasteiger partial charge in [-0.25, -0.2) is 4.39 Å². The van der Waals surface area contributed by atoms with Gasteiger partial charge in [0, 0.05) is 25.6 Å². The number of rotatable bonds is 7. The van der Waals surface area contributed by atoms with Crippen LogP contribution in [-0.4, -0.2) is 41.6 Å². The first-order valence-corrected chi connectivity index (χ1v) is 8.43.